The number of likely N-dealkylation sites (tertiary alicyclic amines) is 1. The molecule has 0 aromatic heterocycles. The first-order valence-corrected chi connectivity index (χ1v) is 9.14. The molecule has 0 bridgehead atoms. The molecule has 4 nitrogen and oxygen atoms in total. The fourth-order valence-corrected chi connectivity index (χ4v) is 3.42. The topological polar surface area (TPSA) is 45.1 Å². The van der Waals surface area contributed by atoms with Gasteiger partial charge in [-0.3, -0.25) is 0 Å². The maximum atomic E-state index is 13.1. The number of nitrogens with zero attached hydrogens (tertiary/aromatic N) is 2. The molecule has 2 aromatic rings. The number of rotatable bonds is 7. The molecule has 0 amide bonds. The lowest BCUT2D eigenvalue weighted by Gasteiger charge is -2.32. The summed E-state index contributed by atoms with van der Waals surface area (Å²) in [6.45, 7) is 3.65. The van der Waals surface area contributed by atoms with Crippen molar-refractivity contribution >= 4 is 5.71 Å². The zero-order valence-electron chi connectivity index (χ0n) is 14.9. The molecule has 138 valence electrons. The number of piperidine rings is 1. The molecule has 0 atom stereocenters. The van der Waals surface area contributed by atoms with Crippen LogP contribution in [0.25, 0.3) is 0 Å². The number of ether oxygens (including phenoxy) is 1. The molecule has 1 saturated heterocycles. The first-order chi connectivity index (χ1) is 12.8. The first-order valence-electron chi connectivity index (χ1n) is 9.14. The normalized spacial score (nSPS) is 16.6. The molecule has 0 unspecified atom stereocenters. The fraction of sp³-hybridized carbons (Fsp3) is 0.381. The van der Waals surface area contributed by atoms with Crippen molar-refractivity contribution in [1.29, 1.82) is 0 Å². The third-order valence-corrected chi connectivity index (χ3v) is 4.85. The van der Waals surface area contributed by atoms with Crippen molar-refractivity contribution in [2.45, 2.75) is 19.3 Å². The molecule has 0 saturated carbocycles. The summed E-state index contributed by atoms with van der Waals surface area (Å²) >= 11 is 0. The van der Waals surface area contributed by atoms with E-state index in [-0.39, 0.29) is 11.7 Å². The van der Waals surface area contributed by atoms with Crippen LogP contribution in [0.5, 0.6) is 5.75 Å². The van der Waals surface area contributed by atoms with Crippen molar-refractivity contribution in [2.24, 2.45) is 11.1 Å². The monoisotopic (exact) mass is 356 g/mol. The Bertz CT molecular complexity index is 696. The quantitative estimate of drug-likeness (QED) is 0.350. The maximum Gasteiger partial charge on any atom is 0.123 e. The van der Waals surface area contributed by atoms with Crippen molar-refractivity contribution in [3.8, 4) is 5.75 Å². The van der Waals surface area contributed by atoms with Crippen molar-refractivity contribution in [3.05, 3.63) is 66.0 Å². The second-order valence-electron chi connectivity index (χ2n) is 6.62. The number of hydrogen-bond acceptors (Lipinski definition) is 4. The van der Waals surface area contributed by atoms with Crippen LogP contribution in [-0.2, 0) is 0 Å². The lowest BCUT2D eigenvalue weighted by molar-refractivity contribution is 0.189. The highest BCUT2D eigenvalue weighted by atomic mass is 19.1. The Labute approximate surface area is 153 Å². The molecule has 1 aliphatic rings. The second kappa shape index (κ2) is 9.34. The molecule has 0 radical (unpaired) electrons. The molecule has 0 aliphatic carbocycles. The van der Waals surface area contributed by atoms with Crippen molar-refractivity contribution in [3.63, 3.8) is 0 Å². The molecule has 0 spiro atoms. The summed E-state index contributed by atoms with van der Waals surface area (Å²) in [5, 5.41) is 12.9. The van der Waals surface area contributed by atoms with E-state index in [1.165, 1.54) is 12.1 Å². The third kappa shape index (κ3) is 5.05. The number of halogens is 1. The van der Waals surface area contributed by atoms with Crippen molar-refractivity contribution in [2.75, 3.05) is 26.2 Å². The van der Waals surface area contributed by atoms with E-state index in [9.17, 15) is 9.60 Å². The Morgan fingerprint density at radius 3 is 2.42 bits per heavy atom. The van der Waals surface area contributed by atoms with Gasteiger partial charge in [-0.25, -0.2) is 4.39 Å². The lowest BCUT2D eigenvalue weighted by Crippen LogP contribution is -2.37. The zero-order valence-corrected chi connectivity index (χ0v) is 14.9. The average Bonchev–Trinajstić information content (AvgIpc) is 2.69. The Hall–Kier alpha value is -2.40. The minimum atomic E-state index is -0.279. The fourth-order valence-electron chi connectivity index (χ4n) is 3.42. The highest BCUT2D eigenvalue weighted by molar-refractivity contribution is 6.01. The van der Waals surface area contributed by atoms with Gasteiger partial charge >= 0.3 is 0 Å². The minimum absolute atomic E-state index is 0.210. The van der Waals surface area contributed by atoms with Crippen LogP contribution in [0.15, 0.2) is 59.8 Å². The van der Waals surface area contributed by atoms with Gasteiger partial charge in [0.2, 0.25) is 0 Å². The highest BCUT2D eigenvalue weighted by Gasteiger charge is 2.24. The van der Waals surface area contributed by atoms with E-state index in [1.807, 2.05) is 30.3 Å². The standard InChI is InChI=1S/C21H25FN2O2/c22-19-9-7-17(8-10-19)21(23-25)18-11-14-24(15-12-18)13-4-16-26-20-5-2-1-3-6-20/h1-3,5-10,18,25H,4,11-16H2/b23-21+. The van der Waals surface area contributed by atoms with E-state index in [0.29, 0.717) is 12.3 Å². The van der Waals surface area contributed by atoms with E-state index < -0.39 is 0 Å². The van der Waals surface area contributed by atoms with Crippen LogP contribution in [0, 0.1) is 11.7 Å². The van der Waals surface area contributed by atoms with E-state index in [0.717, 1.165) is 50.2 Å². The summed E-state index contributed by atoms with van der Waals surface area (Å²) in [6, 6.07) is 16.0. The molecular weight excluding hydrogens is 331 g/mol. The van der Waals surface area contributed by atoms with Gasteiger partial charge in [-0.1, -0.05) is 35.5 Å². The van der Waals surface area contributed by atoms with Crippen LogP contribution in [-0.4, -0.2) is 42.1 Å². The van der Waals surface area contributed by atoms with Gasteiger partial charge in [-0.15, -0.1) is 0 Å². The van der Waals surface area contributed by atoms with Gasteiger partial charge < -0.3 is 14.8 Å². The Balaban J connectivity index is 1.41. The van der Waals surface area contributed by atoms with Gasteiger partial charge in [-0.05, 0) is 62.2 Å². The number of benzene rings is 2. The lowest BCUT2D eigenvalue weighted by atomic mass is 9.88. The molecular formula is C21H25FN2O2. The second-order valence-corrected chi connectivity index (χ2v) is 6.62. The predicted molar refractivity (Wildman–Crippen MR) is 100 cm³/mol. The predicted octanol–water partition coefficient (Wildman–Crippen LogP) is 4.19. The summed E-state index contributed by atoms with van der Waals surface area (Å²) in [7, 11) is 0. The molecule has 1 N–H and O–H groups in total. The molecule has 5 heteroatoms. The Morgan fingerprint density at radius 2 is 1.77 bits per heavy atom. The number of oxime groups is 1. The summed E-state index contributed by atoms with van der Waals surface area (Å²) in [6.07, 6.45) is 2.87. The van der Waals surface area contributed by atoms with Gasteiger partial charge in [0.05, 0.1) is 12.3 Å². The summed E-state index contributed by atoms with van der Waals surface area (Å²) in [4.78, 5) is 2.42. The third-order valence-electron chi connectivity index (χ3n) is 4.85. The molecule has 2 aromatic carbocycles. The van der Waals surface area contributed by atoms with E-state index in [4.69, 9.17) is 4.74 Å². The molecule has 1 aliphatic heterocycles. The Morgan fingerprint density at radius 1 is 1.08 bits per heavy atom. The first kappa shape index (κ1) is 18.4. The van der Waals surface area contributed by atoms with Crippen LogP contribution < -0.4 is 4.74 Å². The average molecular weight is 356 g/mol. The maximum absolute atomic E-state index is 13.1. The molecule has 3 rings (SSSR count). The van der Waals surface area contributed by atoms with Crippen molar-refractivity contribution in [1.82, 2.24) is 4.90 Å². The number of hydrogen-bond donors (Lipinski definition) is 1. The SMILES string of the molecule is O/N=C(\c1ccc(F)cc1)C1CCN(CCCOc2ccccc2)CC1. The van der Waals surface area contributed by atoms with E-state index in [2.05, 4.69) is 10.1 Å². The number of para-hydroxylation sites is 1. The minimum Gasteiger partial charge on any atom is -0.494 e. The van der Waals surface area contributed by atoms with Crippen LogP contribution in [0.4, 0.5) is 4.39 Å². The van der Waals surface area contributed by atoms with E-state index >= 15 is 0 Å². The summed E-state index contributed by atoms with van der Waals surface area (Å²) in [5.41, 5.74) is 1.46. The molecule has 1 fully saturated rings. The van der Waals surface area contributed by atoms with E-state index in [1.54, 1.807) is 12.1 Å². The molecule has 1 heterocycles. The van der Waals surface area contributed by atoms with Gasteiger partial charge in [-0.2, -0.15) is 0 Å². The smallest absolute Gasteiger partial charge is 0.123 e. The van der Waals surface area contributed by atoms with Crippen LogP contribution in [0.1, 0.15) is 24.8 Å². The van der Waals surface area contributed by atoms with Gasteiger partial charge in [0, 0.05) is 12.5 Å². The van der Waals surface area contributed by atoms with Gasteiger partial charge in [0.15, 0.2) is 0 Å². The van der Waals surface area contributed by atoms with Gasteiger partial charge in [0.25, 0.3) is 0 Å². The summed E-state index contributed by atoms with van der Waals surface area (Å²) < 4.78 is 18.8. The van der Waals surface area contributed by atoms with Crippen LogP contribution in [0.2, 0.25) is 0 Å². The molecule has 26 heavy (non-hydrogen) atoms. The Kier molecular flexibility index (Phi) is 6.61. The van der Waals surface area contributed by atoms with Crippen LogP contribution in [0.3, 0.4) is 0 Å². The highest BCUT2D eigenvalue weighted by Crippen LogP contribution is 2.23. The largest absolute Gasteiger partial charge is 0.494 e. The van der Waals surface area contributed by atoms with Crippen molar-refractivity contribution < 1.29 is 14.3 Å². The van der Waals surface area contributed by atoms with Gasteiger partial charge in [0.1, 0.15) is 11.6 Å². The zero-order chi connectivity index (χ0) is 18.2. The van der Waals surface area contributed by atoms with Crippen LogP contribution >= 0.6 is 0 Å². The summed E-state index contributed by atoms with van der Waals surface area (Å²) in [5.74, 6) is 0.843.